The van der Waals surface area contributed by atoms with E-state index in [-0.39, 0.29) is 10.8 Å². The van der Waals surface area contributed by atoms with Crippen molar-refractivity contribution in [1.29, 1.82) is 5.26 Å². The molecule has 0 bridgehead atoms. The number of nitriles is 1. The van der Waals surface area contributed by atoms with Gasteiger partial charge < -0.3 is 5.11 Å². The van der Waals surface area contributed by atoms with Crippen molar-refractivity contribution in [3.63, 3.8) is 0 Å². The lowest BCUT2D eigenvalue weighted by molar-refractivity contribution is 0.462. The molecule has 14 heavy (non-hydrogen) atoms. The molecule has 1 saturated carbocycles. The molecule has 1 aliphatic carbocycles. The second-order valence-electron chi connectivity index (χ2n) is 3.48. The Morgan fingerprint density at radius 2 is 2.14 bits per heavy atom. The molecule has 0 atom stereocenters. The predicted octanol–water partition coefficient (Wildman–Crippen LogP) is 2.74. The number of hydrogen-bond acceptors (Lipinski definition) is 2. The molecule has 0 radical (unpaired) electrons. The van der Waals surface area contributed by atoms with Crippen LogP contribution in [0, 0.1) is 17.1 Å². The highest BCUT2D eigenvalue weighted by atomic mass is 35.5. The number of halogens is 2. The quantitative estimate of drug-likeness (QED) is 0.776. The fourth-order valence-corrected chi connectivity index (χ4v) is 1.70. The van der Waals surface area contributed by atoms with Crippen molar-refractivity contribution in [3.8, 4) is 11.8 Å². The van der Waals surface area contributed by atoms with Gasteiger partial charge in [0.05, 0.1) is 16.5 Å². The van der Waals surface area contributed by atoms with E-state index >= 15 is 0 Å². The van der Waals surface area contributed by atoms with E-state index in [9.17, 15) is 9.50 Å². The lowest BCUT2D eigenvalue weighted by atomic mass is 9.96. The van der Waals surface area contributed by atoms with Gasteiger partial charge in [-0.15, -0.1) is 0 Å². The molecule has 1 aromatic carbocycles. The SMILES string of the molecule is N#CC1(c2cc(F)cc(Cl)c2O)CC1. The van der Waals surface area contributed by atoms with E-state index < -0.39 is 11.2 Å². The van der Waals surface area contributed by atoms with Gasteiger partial charge in [0, 0.05) is 5.56 Å². The van der Waals surface area contributed by atoms with E-state index in [2.05, 4.69) is 6.07 Å². The molecule has 0 spiro atoms. The maximum absolute atomic E-state index is 13.0. The first-order chi connectivity index (χ1) is 6.59. The van der Waals surface area contributed by atoms with Crippen molar-refractivity contribution in [3.05, 3.63) is 28.5 Å². The molecular weight excluding hydrogens is 205 g/mol. The number of hydrogen-bond donors (Lipinski definition) is 1. The molecule has 4 heteroatoms. The van der Waals surface area contributed by atoms with E-state index in [4.69, 9.17) is 16.9 Å². The van der Waals surface area contributed by atoms with E-state index in [1.807, 2.05) is 0 Å². The summed E-state index contributed by atoms with van der Waals surface area (Å²) in [5.41, 5.74) is -0.402. The molecule has 2 rings (SSSR count). The predicted molar refractivity (Wildman–Crippen MR) is 49.6 cm³/mol. The Morgan fingerprint density at radius 3 is 2.64 bits per heavy atom. The molecule has 1 fully saturated rings. The maximum atomic E-state index is 13.0. The van der Waals surface area contributed by atoms with Gasteiger partial charge in [0.25, 0.3) is 0 Å². The Morgan fingerprint density at radius 1 is 1.50 bits per heavy atom. The highest BCUT2D eigenvalue weighted by Crippen LogP contribution is 2.52. The summed E-state index contributed by atoms with van der Waals surface area (Å²) in [6, 6.07) is 4.29. The van der Waals surface area contributed by atoms with E-state index in [0.29, 0.717) is 18.4 Å². The van der Waals surface area contributed by atoms with Gasteiger partial charge in [-0.3, -0.25) is 0 Å². The normalized spacial score (nSPS) is 17.5. The monoisotopic (exact) mass is 211 g/mol. The van der Waals surface area contributed by atoms with Gasteiger partial charge >= 0.3 is 0 Å². The van der Waals surface area contributed by atoms with Crippen molar-refractivity contribution in [1.82, 2.24) is 0 Å². The van der Waals surface area contributed by atoms with Crippen LogP contribution < -0.4 is 0 Å². The van der Waals surface area contributed by atoms with Gasteiger partial charge in [0.1, 0.15) is 11.6 Å². The van der Waals surface area contributed by atoms with Crippen LogP contribution in [-0.4, -0.2) is 5.11 Å². The number of phenolic OH excluding ortho intramolecular Hbond substituents is 1. The number of aromatic hydroxyl groups is 1. The first-order valence-electron chi connectivity index (χ1n) is 4.19. The minimum atomic E-state index is -0.712. The van der Waals surface area contributed by atoms with Crippen LogP contribution in [0.3, 0.4) is 0 Å². The van der Waals surface area contributed by atoms with Crippen LogP contribution in [0.5, 0.6) is 5.75 Å². The van der Waals surface area contributed by atoms with Gasteiger partial charge in [0.2, 0.25) is 0 Å². The van der Waals surface area contributed by atoms with Crippen LogP contribution in [0.15, 0.2) is 12.1 Å². The molecule has 1 aromatic rings. The second kappa shape index (κ2) is 2.86. The molecule has 2 nitrogen and oxygen atoms in total. The molecular formula is C10H7ClFNO. The topological polar surface area (TPSA) is 44.0 Å². The van der Waals surface area contributed by atoms with Crippen molar-refractivity contribution in [2.24, 2.45) is 0 Å². The van der Waals surface area contributed by atoms with E-state index in [1.54, 1.807) is 0 Å². The molecule has 0 saturated heterocycles. The van der Waals surface area contributed by atoms with Crippen molar-refractivity contribution in [2.45, 2.75) is 18.3 Å². The zero-order chi connectivity index (χ0) is 10.3. The average molecular weight is 212 g/mol. The summed E-state index contributed by atoms with van der Waals surface area (Å²) in [7, 11) is 0. The van der Waals surface area contributed by atoms with Crippen LogP contribution >= 0.6 is 11.6 Å². The van der Waals surface area contributed by atoms with Crippen LogP contribution in [0.25, 0.3) is 0 Å². The van der Waals surface area contributed by atoms with Gasteiger partial charge in [-0.25, -0.2) is 4.39 Å². The summed E-state index contributed by atoms with van der Waals surface area (Å²) >= 11 is 5.61. The minimum Gasteiger partial charge on any atom is -0.506 e. The first kappa shape index (κ1) is 9.29. The Hall–Kier alpha value is -1.27. The zero-order valence-corrected chi connectivity index (χ0v) is 7.98. The molecule has 0 amide bonds. The molecule has 0 heterocycles. The first-order valence-corrected chi connectivity index (χ1v) is 4.56. The van der Waals surface area contributed by atoms with Crippen LogP contribution in [0.4, 0.5) is 4.39 Å². The molecule has 0 aromatic heterocycles. The second-order valence-corrected chi connectivity index (χ2v) is 3.88. The Balaban J connectivity index is 2.59. The largest absolute Gasteiger partial charge is 0.506 e. The third-order valence-electron chi connectivity index (χ3n) is 2.51. The maximum Gasteiger partial charge on any atom is 0.139 e. The molecule has 1 N–H and O–H groups in total. The number of phenols is 1. The average Bonchev–Trinajstić information content (AvgIpc) is 2.92. The van der Waals surface area contributed by atoms with Gasteiger partial charge in [-0.05, 0) is 25.0 Å². The van der Waals surface area contributed by atoms with E-state index in [0.717, 1.165) is 6.07 Å². The summed E-state index contributed by atoms with van der Waals surface area (Å²) in [4.78, 5) is 0. The van der Waals surface area contributed by atoms with Gasteiger partial charge in [-0.1, -0.05) is 11.6 Å². The summed E-state index contributed by atoms with van der Waals surface area (Å²) in [6.07, 6.45) is 1.30. The van der Waals surface area contributed by atoms with Crippen molar-refractivity contribution >= 4 is 11.6 Å². The third-order valence-corrected chi connectivity index (χ3v) is 2.80. The summed E-state index contributed by atoms with van der Waals surface area (Å²) in [6.45, 7) is 0. The Kier molecular flexibility index (Phi) is 1.90. The Bertz CT molecular complexity index is 434. The number of benzene rings is 1. The fourth-order valence-electron chi connectivity index (χ4n) is 1.50. The molecule has 0 aliphatic heterocycles. The standard InChI is InChI=1S/C10H7ClFNO/c11-8-4-6(12)3-7(9(8)14)10(5-13)1-2-10/h3-4,14H,1-2H2. The highest BCUT2D eigenvalue weighted by molar-refractivity contribution is 6.32. The Labute approximate surface area is 85.5 Å². The lowest BCUT2D eigenvalue weighted by Crippen LogP contribution is -2.03. The van der Waals surface area contributed by atoms with Crippen LogP contribution in [0.1, 0.15) is 18.4 Å². The summed E-state index contributed by atoms with van der Waals surface area (Å²) in [5, 5.41) is 18.4. The van der Waals surface area contributed by atoms with Gasteiger partial charge in [-0.2, -0.15) is 5.26 Å². The molecule has 0 unspecified atom stereocenters. The highest BCUT2D eigenvalue weighted by Gasteiger charge is 2.47. The van der Waals surface area contributed by atoms with Crippen LogP contribution in [0.2, 0.25) is 5.02 Å². The summed E-state index contributed by atoms with van der Waals surface area (Å²) in [5.74, 6) is -0.698. The number of rotatable bonds is 1. The molecule has 1 aliphatic rings. The lowest BCUT2D eigenvalue weighted by Gasteiger charge is -2.09. The van der Waals surface area contributed by atoms with E-state index in [1.165, 1.54) is 6.07 Å². The molecule has 72 valence electrons. The fraction of sp³-hybridized carbons (Fsp3) is 0.300. The third kappa shape index (κ3) is 1.23. The summed E-state index contributed by atoms with van der Waals surface area (Å²) < 4.78 is 13.0. The zero-order valence-electron chi connectivity index (χ0n) is 7.22. The van der Waals surface area contributed by atoms with Crippen molar-refractivity contribution in [2.75, 3.05) is 0 Å². The number of nitrogens with zero attached hydrogens (tertiary/aromatic N) is 1. The van der Waals surface area contributed by atoms with Gasteiger partial charge in [0.15, 0.2) is 0 Å². The van der Waals surface area contributed by atoms with Crippen molar-refractivity contribution < 1.29 is 9.50 Å². The van der Waals surface area contributed by atoms with Crippen LogP contribution in [-0.2, 0) is 5.41 Å². The minimum absolute atomic E-state index is 0.0403. The smallest absolute Gasteiger partial charge is 0.139 e.